The fourth-order valence-corrected chi connectivity index (χ4v) is 4.80. The zero-order valence-corrected chi connectivity index (χ0v) is 24.1. The van der Waals surface area contributed by atoms with Crippen LogP contribution in [0.1, 0.15) is 64.5 Å². The number of hydrogen-bond acceptors (Lipinski definition) is 8. The van der Waals surface area contributed by atoms with Gasteiger partial charge in [-0.3, -0.25) is 0 Å². The van der Waals surface area contributed by atoms with Crippen LogP contribution in [0.5, 0.6) is 5.88 Å². The number of hydrogen-bond donors (Lipinski definition) is 1. The van der Waals surface area contributed by atoms with Crippen LogP contribution in [0.3, 0.4) is 0 Å². The highest BCUT2D eigenvalue weighted by Gasteiger charge is 2.29. The van der Waals surface area contributed by atoms with E-state index in [1.807, 2.05) is 33.9 Å². The Morgan fingerprint density at radius 3 is 2.29 bits per heavy atom. The van der Waals surface area contributed by atoms with E-state index >= 15 is 0 Å². The summed E-state index contributed by atoms with van der Waals surface area (Å²) in [5.41, 5.74) is 5.39. The van der Waals surface area contributed by atoms with Crippen molar-refractivity contribution in [2.24, 2.45) is 0 Å². The molecule has 5 heterocycles. The number of H-pyrrole nitrogens is 1. The molecule has 0 aliphatic rings. The van der Waals surface area contributed by atoms with Crippen molar-refractivity contribution >= 4 is 33.7 Å². The number of anilines is 2. The van der Waals surface area contributed by atoms with Gasteiger partial charge in [0, 0.05) is 18.5 Å². The molecule has 0 amide bonds. The van der Waals surface area contributed by atoms with Crippen LogP contribution in [-0.4, -0.2) is 49.0 Å². The first-order chi connectivity index (χ1) is 17.7. The molecule has 0 aliphatic carbocycles. The molecule has 10 nitrogen and oxygen atoms in total. The Morgan fingerprint density at radius 2 is 1.71 bits per heavy atom. The second-order valence-corrected chi connectivity index (χ2v) is 11.9. The standard InChI is InChI=1S/C28H36N8O2/c1-14-21(15(2)38-34-14)17-12-18-23(32-26(17)37-11)22-24(31-18)29-16(3)30-25(22)35(10)20-13-19(27(4,5)6)33-36(20)28(7,8)9/h12-13H,1-11H3,(H,29,30,31). The largest absolute Gasteiger partial charge is 0.481 e. The van der Waals surface area contributed by atoms with Gasteiger partial charge < -0.3 is 19.1 Å². The fraction of sp³-hybridized carbons (Fsp3) is 0.464. The van der Waals surface area contributed by atoms with Crippen LogP contribution in [0.15, 0.2) is 16.7 Å². The lowest BCUT2D eigenvalue weighted by atomic mass is 9.92. The lowest BCUT2D eigenvalue weighted by Crippen LogP contribution is -2.28. The first-order valence-electron chi connectivity index (χ1n) is 12.7. The Hall–Kier alpha value is -3.95. The van der Waals surface area contributed by atoms with E-state index in [9.17, 15) is 0 Å². The third-order valence-corrected chi connectivity index (χ3v) is 6.73. The van der Waals surface area contributed by atoms with Crippen molar-refractivity contribution in [3.63, 3.8) is 0 Å². The van der Waals surface area contributed by atoms with Gasteiger partial charge in [-0.1, -0.05) is 25.9 Å². The van der Waals surface area contributed by atoms with Crippen molar-refractivity contribution < 1.29 is 9.26 Å². The SMILES string of the molecule is COc1nc2c(cc1-c1c(C)noc1C)[nH]c1nc(C)nc(N(C)c3cc(C(C)(C)C)nn3C(C)(C)C)c12. The molecule has 5 rings (SSSR count). The number of ether oxygens (including phenoxy) is 1. The third-order valence-electron chi connectivity index (χ3n) is 6.73. The molecule has 0 aliphatic heterocycles. The Bertz CT molecular complexity index is 1660. The number of aryl methyl sites for hydroxylation is 3. The molecular formula is C28H36N8O2. The molecule has 0 saturated carbocycles. The van der Waals surface area contributed by atoms with E-state index in [0.29, 0.717) is 23.1 Å². The highest BCUT2D eigenvalue weighted by atomic mass is 16.5. The van der Waals surface area contributed by atoms with Crippen LogP contribution in [0.25, 0.3) is 33.2 Å². The van der Waals surface area contributed by atoms with Gasteiger partial charge in [-0.15, -0.1) is 0 Å². The van der Waals surface area contributed by atoms with E-state index in [0.717, 1.165) is 50.6 Å². The topological polar surface area (TPSA) is 111 Å². The van der Waals surface area contributed by atoms with Crippen molar-refractivity contribution in [2.45, 2.75) is 73.3 Å². The van der Waals surface area contributed by atoms with Gasteiger partial charge in [0.1, 0.15) is 34.4 Å². The van der Waals surface area contributed by atoms with Crippen LogP contribution in [0.2, 0.25) is 0 Å². The third kappa shape index (κ3) is 4.08. The van der Waals surface area contributed by atoms with Crippen molar-refractivity contribution in [1.29, 1.82) is 0 Å². The van der Waals surface area contributed by atoms with E-state index in [1.54, 1.807) is 7.11 Å². The lowest BCUT2D eigenvalue weighted by molar-refractivity contribution is 0.351. The van der Waals surface area contributed by atoms with Gasteiger partial charge in [0.25, 0.3) is 0 Å². The summed E-state index contributed by atoms with van der Waals surface area (Å²) in [6, 6.07) is 4.17. The zero-order chi connectivity index (χ0) is 27.7. The Morgan fingerprint density at radius 1 is 1.00 bits per heavy atom. The maximum Gasteiger partial charge on any atom is 0.221 e. The van der Waals surface area contributed by atoms with Gasteiger partial charge in [-0.25, -0.2) is 19.6 Å². The van der Waals surface area contributed by atoms with Gasteiger partial charge in [0.15, 0.2) is 0 Å². The van der Waals surface area contributed by atoms with Crippen LogP contribution in [0, 0.1) is 20.8 Å². The molecule has 0 unspecified atom stereocenters. The van der Waals surface area contributed by atoms with Crippen LogP contribution in [0.4, 0.5) is 11.6 Å². The number of methoxy groups -OCH3 is 1. The highest BCUT2D eigenvalue weighted by Crippen LogP contribution is 2.40. The number of nitrogens with zero attached hydrogens (tertiary/aromatic N) is 7. The summed E-state index contributed by atoms with van der Waals surface area (Å²) in [5.74, 6) is 3.53. The summed E-state index contributed by atoms with van der Waals surface area (Å²) in [5, 5.41) is 9.94. The first kappa shape index (κ1) is 25.7. The van der Waals surface area contributed by atoms with Crippen LogP contribution in [-0.2, 0) is 11.0 Å². The number of aromatic nitrogens is 7. The van der Waals surface area contributed by atoms with Crippen LogP contribution < -0.4 is 9.64 Å². The maximum absolute atomic E-state index is 5.76. The fourth-order valence-electron chi connectivity index (χ4n) is 4.80. The number of aromatic amines is 1. The van der Waals surface area contributed by atoms with Crippen molar-refractivity contribution in [1.82, 2.24) is 34.9 Å². The molecule has 0 bridgehead atoms. The smallest absolute Gasteiger partial charge is 0.221 e. The van der Waals surface area contributed by atoms with Gasteiger partial charge in [0.2, 0.25) is 5.88 Å². The van der Waals surface area contributed by atoms with E-state index in [1.165, 1.54) is 0 Å². The molecule has 0 radical (unpaired) electrons. The molecule has 38 heavy (non-hydrogen) atoms. The average molecular weight is 517 g/mol. The monoisotopic (exact) mass is 516 g/mol. The Kier molecular flexibility index (Phi) is 5.77. The predicted octanol–water partition coefficient (Wildman–Crippen LogP) is 6.11. The van der Waals surface area contributed by atoms with Crippen molar-refractivity contribution in [3.8, 4) is 17.0 Å². The summed E-state index contributed by atoms with van der Waals surface area (Å²) >= 11 is 0. The normalized spacial score (nSPS) is 12.6. The van der Waals surface area contributed by atoms with Gasteiger partial charge in [0.05, 0.1) is 46.1 Å². The molecule has 0 atom stereocenters. The molecule has 0 fully saturated rings. The van der Waals surface area contributed by atoms with Gasteiger partial charge in [-0.2, -0.15) is 5.10 Å². The van der Waals surface area contributed by atoms with E-state index in [4.69, 9.17) is 29.3 Å². The van der Waals surface area contributed by atoms with Crippen molar-refractivity contribution in [2.75, 3.05) is 19.1 Å². The predicted molar refractivity (Wildman–Crippen MR) is 149 cm³/mol. The molecule has 0 spiro atoms. The van der Waals surface area contributed by atoms with Gasteiger partial charge in [-0.05, 0) is 47.6 Å². The van der Waals surface area contributed by atoms with E-state index in [-0.39, 0.29) is 11.0 Å². The molecule has 0 aromatic carbocycles. The number of rotatable bonds is 4. The molecule has 200 valence electrons. The second kappa shape index (κ2) is 8.54. The summed E-state index contributed by atoms with van der Waals surface area (Å²) in [6.45, 7) is 18.7. The molecule has 1 N–H and O–H groups in total. The molecular weight excluding hydrogens is 480 g/mol. The van der Waals surface area contributed by atoms with Crippen molar-refractivity contribution in [3.05, 3.63) is 35.1 Å². The minimum atomic E-state index is -0.237. The zero-order valence-electron chi connectivity index (χ0n) is 24.1. The number of fused-ring (bicyclic) bond motifs is 3. The summed E-state index contributed by atoms with van der Waals surface area (Å²) in [6.07, 6.45) is 0. The summed E-state index contributed by atoms with van der Waals surface area (Å²) < 4.78 is 13.2. The molecule has 5 aromatic rings. The summed E-state index contributed by atoms with van der Waals surface area (Å²) in [4.78, 5) is 20.1. The molecule has 5 aromatic heterocycles. The minimum Gasteiger partial charge on any atom is -0.481 e. The average Bonchev–Trinajstić information content (AvgIpc) is 3.51. The van der Waals surface area contributed by atoms with Crippen LogP contribution >= 0.6 is 0 Å². The van der Waals surface area contributed by atoms with E-state index < -0.39 is 0 Å². The number of nitrogens with one attached hydrogen (secondary N) is 1. The Labute approximate surface area is 222 Å². The summed E-state index contributed by atoms with van der Waals surface area (Å²) in [7, 11) is 3.63. The minimum absolute atomic E-state index is 0.104. The first-order valence-corrected chi connectivity index (χ1v) is 12.7. The highest BCUT2D eigenvalue weighted by molar-refractivity contribution is 6.11. The Balaban J connectivity index is 1.78. The second-order valence-electron chi connectivity index (χ2n) is 11.9. The maximum atomic E-state index is 5.76. The lowest BCUT2D eigenvalue weighted by Gasteiger charge is -2.27. The molecule has 0 saturated heterocycles. The number of pyridine rings is 1. The quantitative estimate of drug-likeness (QED) is 0.304. The van der Waals surface area contributed by atoms with E-state index in [2.05, 4.69) is 67.3 Å². The molecule has 10 heteroatoms. The van der Waals surface area contributed by atoms with Gasteiger partial charge >= 0.3 is 0 Å².